The van der Waals surface area contributed by atoms with E-state index in [9.17, 15) is 8.42 Å². The molecule has 15 heavy (non-hydrogen) atoms. The summed E-state index contributed by atoms with van der Waals surface area (Å²) in [6.07, 6.45) is 1.76. The van der Waals surface area contributed by atoms with E-state index in [1.54, 1.807) is 0 Å². The van der Waals surface area contributed by atoms with Crippen LogP contribution in [0, 0.1) is 0 Å². The molecule has 0 heterocycles. The lowest BCUT2D eigenvalue weighted by molar-refractivity contribution is -0.423. The van der Waals surface area contributed by atoms with E-state index in [0.717, 1.165) is 18.2 Å². The predicted octanol–water partition coefficient (Wildman–Crippen LogP) is -0.184. The summed E-state index contributed by atoms with van der Waals surface area (Å²) < 4.78 is 26.1. The molecule has 1 rings (SSSR count). The highest BCUT2D eigenvalue weighted by Gasteiger charge is 2.11. The van der Waals surface area contributed by atoms with Crippen molar-refractivity contribution in [3.8, 4) is 0 Å². The maximum atomic E-state index is 10.7. The standard InChI is InChI=1S/C10H15NO3S/c1-15(12,13)14-8-10(11)7-9-5-3-2-4-6-9/h2-6,10H,7-8,11H2,1H3/p+1/t10-/m0/s1. The normalized spacial score (nSPS) is 13.7. The first-order valence-electron chi connectivity index (χ1n) is 4.69. The van der Waals surface area contributed by atoms with Crippen LogP contribution in [-0.4, -0.2) is 27.3 Å². The van der Waals surface area contributed by atoms with Crippen LogP contribution in [0.15, 0.2) is 30.3 Å². The van der Waals surface area contributed by atoms with Crippen LogP contribution in [0.3, 0.4) is 0 Å². The zero-order valence-corrected chi connectivity index (χ0v) is 9.53. The number of hydrogen-bond donors (Lipinski definition) is 1. The highest BCUT2D eigenvalue weighted by molar-refractivity contribution is 7.85. The minimum atomic E-state index is -3.35. The molecule has 3 N–H and O–H groups in total. The summed E-state index contributed by atoms with van der Waals surface area (Å²) in [5, 5.41) is 0. The molecule has 0 unspecified atom stereocenters. The van der Waals surface area contributed by atoms with Gasteiger partial charge in [-0.15, -0.1) is 0 Å². The Morgan fingerprint density at radius 2 is 1.93 bits per heavy atom. The van der Waals surface area contributed by atoms with Crippen LogP contribution in [0.5, 0.6) is 0 Å². The monoisotopic (exact) mass is 230 g/mol. The summed E-state index contributed by atoms with van der Waals surface area (Å²) in [7, 11) is -3.35. The van der Waals surface area contributed by atoms with Crippen molar-refractivity contribution in [3.05, 3.63) is 35.9 Å². The largest absolute Gasteiger partial charge is 0.353 e. The lowest BCUT2D eigenvalue weighted by Crippen LogP contribution is -2.64. The van der Waals surface area contributed by atoms with E-state index < -0.39 is 10.1 Å². The van der Waals surface area contributed by atoms with Crippen molar-refractivity contribution >= 4 is 10.1 Å². The maximum Gasteiger partial charge on any atom is 0.264 e. The van der Waals surface area contributed by atoms with Gasteiger partial charge in [-0.25, -0.2) is 0 Å². The van der Waals surface area contributed by atoms with Gasteiger partial charge >= 0.3 is 0 Å². The van der Waals surface area contributed by atoms with Crippen molar-refractivity contribution in [2.24, 2.45) is 0 Å². The van der Waals surface area contributed by atoms with Crippen LogP contribution in [0.25, 0.3) is 0 Å². The average molecular weight is 230 g/mol. The Hall–Kier alpha value is -0.910. The molecule has 84 valence electrons. The van der Waals surface area contributed by atoms with Crippen LogP contribution >= 0.6 is 0 Å². The summed E-state index contributed by atoms with van der Waals surface area (Å²) in [6.45, 7) is 0.133. The number of benzene rings is 1. The van der Waals surface area contributed by atoms with E-state index in [-0.39, 0.29) is 12.6 Å². The minimum absolute atomic E-state index is 0.0536. The molecule has 0 bridgehead atoms. The smallest absolute Gasteiger partial charge is 0.264 e. The SMILES string of the molecule is CS(=O)(=O)OC[C@@H]([NH3+])Cc1ccccc1. The summed E-state index contributed by atoms with van der Waals surface area (Å²) in [5.74, 6) is 0. The van der Waals surface area contributed by atoms with Gasteiger partial charge in [-0.3, -0.25) is 4.18 Å². The van der Waals surface area contributed by atoms with Gasteiger partial charge in [0.15, 0.2) is 0 Å². The van der Waals surface area contributed by atoms with Gasteiger partial charge in [-0.1, -0.05) is 30.3 Å². The first-order valence-corrected chi connectivity index (χ1v) is 6.50. The van der Waals surface area contributed by atoms with Crippen molar-refractivity contribution in [1.82, 2.24) is 0 Å². The topological polar surface area (TPSA) is 71.0 Å². The zero-order valence-electron chi connectivity index (χ0n) is 8.72. The van der Waals surface area contributed by atoms with Crippen LogP contribution in [-0.2, 0) is 20.7 Å². The fourth-order valence-electron chi connectivity index (χ4n) is 1.23. The van der Waals surface area contributed by atoms with Gasteiger partial charge in [0, 0.05) is 6.42 Å². The molecule has 4 nitrogen and oxygen atoms in total. The minimum Gasteiger partial charge on any atom is -0.353 e. The van der Waals surface area contributed by atoms with E-state index in [2.05, 4.69) is 9.92 Å². The molecule has 0 fully saturated rings. The predicted molar refractivity (Wildman–Crippen MR) is 57.6 cm³/mol. The third kappa shape index (κ3) is 5.51. The third-order valence-corrected chi connectivity index (χ3v) is 2.45. The van der Waals surface area contributed by atoms with E-state index in [0.29, 0.717) is 0 Å². The number of hydrogen-bond acceptors (Lipinski definition) is 3. The molecule has 0 saturated carbocycles. The first kappa shape index (κ1) is 12.2. The van der Waals surface area contributed by atoms with E-state index >= 15 is 0 Å². The Labute approximate surface area is 90.2 Å². The van der Waals surface area contributed by atoms with E-state index in [4.69, 9.17) is 0 Å². The van der Waals surface area contributed by atoms with E-state index in [1.807, 2.05) is 30.3 Å². The molecular formula is C10H16NO3S+. The Kier molecular flexibility index (Phi) is 4.26. The molecule has 0 aromatic heterocycles. The second-order valence-electron chi connectivity index (χ2n) is 3.54. The molecule has 1 atom stereocenters. The summed E-state index contributed by atoms with van der Waals surface area (Å²) in [5.41, 5.74) is 4.98. The Morgan fingerprint density at radius 3 is 2.47 bits per heavy atom. The van der Waals surface area contributed by atoms with Gasteiger partial charge in [0.1, 0.15) is 12.6 Å². The third-order valence-electron chi connectivity index (χ3n) is 1.89. The lowest BCUT2D eigenvalue weighted by Gasteiger charge is -2.07. The molecule has 1 aromatic rings. The van der Waals surface area contributed by atoms with Gasteiger partial charge < -0.3 is 5.73 Å². The number of quaternary nitrogens is 1. The van der Waals surface area contributed by atoms with Gasteiger partial charge in [0.25, 0.3) is 10.1 Å². The molecule has 0 amide bonds. The highest BCUT2D eigenvalue weighted by Crippen LogP contribution is 2.01. The van der Waals surface area contributed by atoms with Crippen molar-refractivity contribution in [2.45, 2.75) is 12.5 Å². The summed E-state index contributed by atoms with van der Waals surface area (Å²) >= 11 is 0. The van der Waals surface area contributed by atoms with Gasteiger partial charge in [-0.05, 0) is 5.56 Å². The lowest BCUT2D eigenvalue weighted by atomic mass is 10.1. The van der Waals surface area contributed by atoms with Crippen LogP contribution in [0.1, 0.15) is 5.56 Å². The molecule has 0 spiro atoms. The fraction of sp³-hybridized carbons (Fsp3) is 0.400. The zero-order chi connectivity index (χ0) is 11.3. The van der Waals surface area contributed by atoms with Crippen molar-refractivity contribution in [2.75, 3.05) is 12.9 Å². The van der Waals surface area contributed by atoms with Gasteiger partial charge in [0.2, 0.25) is 0 Å². The Balaban J connectivity index is 2.40. The second kappa shape index (κ2) is 5.25. The molecule has 5 heteroatoms. The molecule has 0 radical (unpaired) electrons. The summed E-state index contributed by atoms with van der Waals surface area (Å²) in [6, 6.07) is 9.74. The van der Waals surface area contributed by atoms with Gasteiger partial charge in [0.05, 0.1) is 6.26 Å². The molecular weight excluding hydrogens is 214 g/mol. The Morgan fingerprint density at radius 1 is 1.33 bits per heavy atom. The van der Waals surface area contributed by atoms with Crippen LogP contribution in [0.4, 0.5) is 0 Å². The second-order valence-corrected chi connectivity index (χ2v) is 5.19. The van der Waals surface area contributed by atoms with E-state index in [1.165, 1.54) is 0 Å². The molecule has 1 aromatic carbocycles. The summed E-state index contributed by atoms with van der Waals surface area (Å²) in [4.78, 5) is 0. The first-order chi connectivity index (χ1) is 6.97. The molecule has 0 saturated heterocycles. The number of rotatable bonds is 5. The van der Waals surface area contributed by atoms with Crippen LogP contribution < -0.4 is 5.73 Å². The molecule has 0 aliphatic carbocycles. The average Bonchev–Trinajstić information content (AvgIpc) is 2.15. The van der Waals surface area contributed by atoms with Gasteiger partial charge in [-0.2, -0.15) is 8.42 Å². The van der Waals surface area contributed by atoms with Crippen molar-refractivity contribution < 1.29 is 18.3 Å². The maximum absolute atomic E-state index is 10.7. The van der Waals surface area contributed by atoms with Crippen molar-refractivity contribution in [1.29, 1.82) is 0 Å². The fourth-order valence-corrected chi connectivity index (χ4v) is 1.67. The molecule has 0 aliphatic rings. The molecule has 0 aliphatic heterocycles. The van der Waals surface area contributed by atoms with Crippen LogP contribution in [0.2, 0.25) is 0 Å². The highest BCUT2D eigenvalue weighted by atomic mass is 32.2. The quantitative estimate of drug-likeness (QED) is 0.713. The van der Waals surface area contributed by atoms with Crippen molar-refractivity contribution in [3.63, 3.8) is 0 Å². The Bertz CT molecular complexity index is 388.